The molecule has 4 heteroatoms. The van der Waals surface area contributed by atoms with Gasteiger partial charge in [-0.05, 0) is 18.1 Å². The molecule has 0 aromatic carbocycles. The average molecular weight is 239 g/mol. The molecule has 0 radical (unpaired) electrons. The standard InChI is InChI=1S/C12H12ClFN2/c13-12-11-4-8(3-9(11)1-2-15-12)5-16-6-10(14)7-16/h1-2,4,10H,3,5-7H2. The third-order valence-electron chi connectivity index (χ3n) is 3.14. The van der Waals surface area contributed by atoms with Crippen LogP contribution >= 0.6 is 11.6 Å². The van der Waals surface area contributed by atoms with Crippen molar-refractivity contribution in [2.75, 3.05) is 19.6 Å². The fourth-order valence-corrected chi connectivity index (χ4v) is 2.55. The first-order valence-electron chi connectivity index (χ1n) is 5.41. The summed E-state index contributed by atoms with van der Waals surface area (Å²) in [4.78, 5) is 6.17. The highest BCUT2D eigenvalue weighted by atomic mass is 35.5. The number of hydrogen-bond acceptors (Lipinski definition) is 2. The smallest absolute Gasteiger partial charge is 0.136 e. The molecule has 0 atom stereocenters. The Kier molecular flexibility index (Phi) is 2.45. The summed E-state index contributed by atoms with van der Waals surface area (Å²) in [6.07, 6.45) is 4.12. The van der Waals surface area contributed by atoms with E-state index in [9.17, 15) is 4.39 Å². The zero-order valence-corrected chi connectivity index (χ0v) is 9.54. The minimum absolute atomic E-state index is 0.569. The van der Waals surface area contributed by atoms with Crippen LogP contribution in [0.2, 0.25) is 5.15 Å². The lowest BCUT2D eigenvalue weighted by molar-refractivity contribution is 0.0746. The first-order valence-corrected chi connectivity index (χ1v) is 5.79. The molecule has 3 rings (SSSR count). The monoisotopic (exact) mass is 238 g/mol. The number of rotatable bonds is 2. The predicted molar refractivity (Wildman–Crippen MR) is 62.3 cm³/mol. The number of alkyl halides is 1. The highest BCUT2D eigenvalue weighted by Gasteiger charge is 2.27. The van der Waals surface area contributed by atoms with Crippen LogP contribution in [0.5, 0.6) is 0 Å². The van der Waals surface area contributed by atoms with Gasteiger partial charge in [0.15, 0.2) is 0 Å². The molecule has 2 aliphatic rings. The summed E-state index contributed by atoms with van der Waals surface area (Å²) in [5.41, 5.74) is 3.57. The molecule has 1 aliphatic carbocycles. The minimum Gasteiger partial charge on any atom is -0.294 e. The summed E-state index contributed by atoms with van der Waals surface area (Å²) in [6.45, 7) is 1.99. The summed E-state index contributed by atoms with van der Waals surface area (Å²) in [7, 11) is 0. The average Bonchev–Trinajstić information content (AvgIpc) is 2.60. The quantitative estimate of drug-likeness (QED) is 0.736. The van der Waals surface area contributed by atoms with Crippen LogP contribution in [-0.2, 0) is 6.42 Å². The molecule has 0 N–H and O–H groups in total. The van der Waals surface area contributed by atoms with Gasteiger partial charge in [-0.15, -0.1) is 0 Å². The molecular weight excluding hydrogens is 227 g/mol. The summed E-state index contributed by atoms with van der Waals surface area (Å²) < 4.78 is 12.7. The molecule has 1 fully saturated rings. The molecule has 1 aromatic rings. The van der Waals surface area contributed by atoms with Crippen molar-refractivity contribution in [1.82, 2.24) is 9.88 Å². The van der Waals surface area contributed by atoms with Gasteiger partial charge >= 0.3 is 0 Å². The number of halogens is 2. The summed E-state index contributed by atoms with van der Waals surface area (Å²) in [5, 5.41) is 0.569. The third kappa shape index (κ3) is 1.74. The van der Waals surface area contributed by atoms with Crippen molar-refractivity contribution in [3.8, 4) is 0 Å². The van der Waals surface area contributed by atoms with Crippen LogP contribution in [0.4, 0.5) is 4.39 Å². The zero-order chi connectivity index (χ0) is 11.1. The van der Waals surface area contributed by atoms with Gasteiger partial charge in [0.2, 0.25) is 0 Å². The molecule has 2 nitrogen and oxygen atoms in total. The summed E-state index contributed by atoms with van der Waals surface area (Å²) in [5.74, 6) is 0. The fourth-order valence-electron chi connectivity index (χ4n) is 2.32. The van der Waals surface area contributed by atoms with Crippen molar-refractivity contribution in [2.24, 2.45) is 0 Å². The van der Waals surface area contributed by atoms with Crippen LogP contribution in [0.25, 0.3) is 6.08 Å². The maximum absolute atomic E-state index is 12.7. The number of pyridine rings is 1. The van der Waals surface area contributed by atoms with E-state index in [1.54, 1.807) is 6.20 Å². The van der Waals surface area contributed by atoms with Crippen LogP contribution in [0.1, 0.15) is 11.1 Å². The second-order valence-electron chi connectivity index (χ2n) is 4.45. The Labute approximate surface area is 98.7 Å². The normalized spacial score (nSPS) is 20.5. The van der Waals surface area contributed by atoms with E-state index in [0.29, 0.717) is 18.2 Å². The van der Waals surface area contributed by atoms with Crippen LogP contribution in [0.15, 0.2) is 17.8 Å². The van der Waals surface area contributed by atoms with Gasteiger partial charge in [-0.3, -0.25) is 4.90 Å². The molecule has 0 bridgehead atoms. The van der Waals surface area contributed by atoms with Crippen LogP contribution < -0.4 is 0 Å². The van der Waals surface area contributed by atoms with Crippen molar-refractivity contribution in [3.63, 3.8) is 0 Å². The highest BCUT2D eigenvalue weighted by molar-refractivity contribution is 6.31. The Hall–Kier alpha value is -0.930. The second kappa shape index (κ2) is 3.82. The molecule has 0 amide bonds. The number of nitrogens with zero attached hydrogens (tertiary/aromatic N) is 2. The first-order chi connectivity index (χ1) is 7.72. The lowest BCUT2D eigenvalue weighted by Gasteiger charge is -2.34. The lowest BCUT2D eigenvalue weighted by Crippen LogP contribution is -2.48. The maximum atomic E-state index is 12.7. The van der Waals surface area contributed by atoms with Gasteiger partial charge in [0.05, 0.1) is 0 Å². The van der Waals surface area contributed by atoms with Crippen molar-refractivity contribution >= 4 is 17.7 Å². The zero-order valence-electron chi connectivity index (χ0n) is 8.79. The Morgan fingerprint density at radius 3 is 3.00 bits per heavy atom. The molecule has 1 saturated heterocycles. The van der Waals surface area contributed by atoms with Crippen molar-refractivity contribution in [1.29, 1.82) is 0 Å². The van der Waals surface area contributed by atoms with Crippen LogP contribution in [0, 0.1) is 0 Å². The predicted octanol–water partition coefficient (Wildman–Crippen LogP) is 2.33. The minimum atomic E-state index is -0.630. The molecule has 84 valence electrons. The van der Waals surface area contributed by atoms with Crippen molar-refractivity contribution in [3.05, 3.63) is 34.1 Å². The second-order valence-corrected chi connectivity index (χ2v) is 4.80. The van der Waals surface area contributed by atoms with Gasteiger partial charge < -0.3 is 0 Å². The highest BCUT2D eigenvalue weighted by Crippen LogP contribution is 2.30. The molecule has 0 spiro atoms. The van der Waals surface area contributed by atoms with Crippen molar-refractivity contribution in [2.45, 2.75) is 12.6 Å². The Morgan fingerprint density at radius 1 is 1.50 bits per heavy atom. The van der Waals surface area contributed by atoms with E-state index < -0.39 is 6.17 Å². The van der Waals surface area contributed by atoms with E-state index in [4.69, 9.17) is 11.6 Å². The molecule has 0 saturated carbocycles. The molecule has 0 unspecified atom stereocenters. The van der Waals surface area contributed by atoms with Gasteiger partial charge in [0.1, 0.15) is 11.3 Å². The SMILES string of the molecule is FC1CN(CC2=Cc3c(ccnc3Cl)C2)C1. The molecule has 1 aromatic heterocycles. The maximum Gasteiger partial charge on any atom is 0.136 e. The number of aromatic nitrogens is 1. The molecule has 2 heterocycles. The Morgan fingerprint density at radius 2 is 2.31 bits per heavy atom. The third-order valence-corrected chi connectivity index (χ3v) is 3.44. The van der Waals surface area contributed by atoms with Gasteiger partial charge in [-0.25, -0.2) is 9.37 Å². The van der Waals surface area contributed by atoms with Gasteiger partial charge in [0.25, 0.3) is 0 Å². The Bertz CT molecular complexity index is 452. The van der Waals surface area contributed by atoms with E-state index in [2.05, 4.69) is 16.0 Å². The van der Waals surface area contributed by atoms with E-state index in [1.807, 2.05) is 6.07 Å². The van der Waals surface area contributed by atoms with Crippen molar-refractivity contribution < 1.29 is 4.39 Å². The van der Waals surface area contributed by atoms with E-state index >= 15 is 0 Å². The van der Waals surface area contributed by atoms with Crippen LogP contribution in [0.3, 0.4) is 0 Å². The summed E-state index contributed by atoms with van der Waals surface area (Å²) in [6, 6.07) is 2.00. The van der Waals surface area contributed by atoms with E-state index in [0.717, 1.165) is 18.5 Å². The van der Waals surface area contributed by atoms with Gasteiger partial charge in [-0.1, -0.05) is 23.3 Å². The van der Waals surface area contributed by atoms with E-state index in [1.165, 1.54) is 11.1 Å². The van der Waals surface area contributed by atoms with Crippen LogP contribution in [-0.4, -0.2) is 35.7 Å². The first kappa shape index (κ1) is 10.2. The number of likely N-dealkylation sites (tertiary alicyclic amines) is 1. The molecule has 16 heavy (non-hydrogen) atoms. The van der Waals surface area contributed by atoms with Gasteiger partial charge in [0, 0.05) is 31.4 Å². The molecule has 1 aliphatic heterocycles. The number of fused-ring (bicyclic) bond motifs is 1. The Balaban J connectivity index is 1.73. The largest absolute Gasteiger partial charge is 0.294 e. The van der Waals surface area contributed by atoms with E-state index in [-0.39, 0.29) is 0 Å². The topological polar surface area (TPSA) is 16.1 Å². The lowest BCUT2D eigenvalue weighted by atomic mass is 10.1. The van der Waals surface area contributed by atoms with Gasteiger partial charge in [-0.2, -0.15) is 0 Å². The number of hydrogen-bond donors (Lipinski definition) is 0. The fraction of sp³-hybridized carbons (Fsp3) is 0.417. The molecular formula is C12H12ClFN2. The summed E-state index contributed by atoms with van der Waals surface area (Å²) >= 11 is 6.01.